The van der Waals surface area contributed by atoms with E-state index >= 15 is 0 Å². The van der Waals surface area contributed by atoms with E-state index in [9.17, 15) is 14.9 Å². The van der Waals surface area contributed by atoms with Crippen molar-refractivity contribution >= 4 is 17.5 Å². The highest BCUT2D eigenvalue weighted by atomic mass is 16.6. The third-order valence-corrected chi connectivity index (χ3v) is 3.16. The number of anilines is 1. The summed E-state index contributed by atoms with van der Waals surface area (Å²) in [6.45, 7) is 4.34. The Morgan fingerprint density at radius 1 is 1.43 bits per heavy atom. The van der Waals surface area contributed by atoms with Gasteiger partial charge in [-0.3, -0.25) is 9.69 Å². The van der Waals surface area contributed by atoms with Crippen LogP contribution in [0.4, 0.5) is 11.6 Å². The molecular formula is C13H18N4O4. The number of rotatable bonds is 4. The molecule has 0 aromatic carbocycles. The molecule has 0 atom stereocenters. The van der Waals surface area contributed by atoms with Crippen LogP contribution in [0.5, 0.6) is 5.75 Å². The molecule has 1 amide bonds. The second-order valence-corrected chi connectivity index (χ2v) is 5.62. The number of pyridine rings is 1. The molecule has 0 fully saturated rings. The number of nitro groups is 1. The molecule has 0 saturated heterocycles. The van der Waals surface area contributed by atoms with Crippen molar-refractivity contribution in [1.29, 1.82) is 0 Å². The first-order valence-electron chi connectivity index (χ1n) is 6.53. The van der Waals surface area contributed by atoms with Crippen LogP contribution >= 0.6 is 0 Å². The Bertz CT molecular complexity index is 586. The minimum atomic E-state index is -1.02. The second-order valence-electron chi connectivity index (χ2n) is 5.62. The van der Waals surface area contributed by atoms with Gasteiger partial charge in [0.2, 0.25) is 0 Å². The number of carbonyl (C=O) groups is 1. The average molecular weight is 294 g/mol. The van der Waals surface area contributed by atoms with Gasteiger partial charge in [-0.15, -0.1) is 0 Å². The smallest absolute Gasteiger partial charge is 0.366 e. The lowest BCUT2D eigenvalue weighted by atomic mass is 10.1. The molecule has 2 rings (SSSR count). The molecule has 0 unspecified atom stereocenters. The van der Waals surface area contributed by atoms with E-state index < -0.39 is 10.5 Å². The zero-order chi connectivity index (χ0) is 15.8. The third kappa shape index (κ3) is 2.94. The SMILES string of the molecule is CN(C)CCN1C(=O)C(C)(C)Oc2ccc([N+](=O)[O-])nc21. The van der Waals surface area contributed by atoms with Gasteiger partial charge in [0, 0.05) is 19.2 Å². The number of aromatic nitrogens is 1. The fraction of sp³-hybridized carbons (Fsp3) is 0.538. The molecule has 1 aromatic rings. The summed E-state index contributed by atoms with van der Waals surface area (Å²) in [6, 6.07) is 2.76. The van der Waals surface area contributed by atoms with Gasteiger partial charge in [-0.05, 0) is 43.9 Å². The molecule has 0 aliphatic carbocycles. The van der Waals surface area contributed by atoms with Gasteiger partial charge in [0.15, 0.2) is 11.4 Å². The first kappa shape index (κ1) is 15.2. The summed E-state index contributed by atoms with van der Waals surface area (Å²) in [5, 5.41) is 10.9. The van der Waals surface area contributed by atoms with Crippen LogP contribution in [0, 0.1) is 10.1 Å². The molecule has 21 heavy (non-hydrogen) atoms. The van der Waals surface area contributed by atoms with Crippen molar-refractivity contribution in [2.75, 3.05) is 32.1 Å². The molecular weight excluding hydrogens is 276 g/mol. The maximum Gasteiger partial charge on any atom is 0.366 e. The largest absolute Gasteiger partial charge is 0.472 e. The van der Waals surface area contributed by atoms with Crippen molar-refractivity contribution in [3.8, 4) is 5.75 Å². The molecule has 8 heteroatoms. The molecule has 0 radical (unpaired) electrons. The minimum absolute atomic E-state index is 0.204. The zero-order valence-corrected chi connectivity index (χ0v) is 12.5. The first-order valence-corrected chi connectivity index (χ1v) is 6.53. The Balaban J connectivity index is 2.45. The maximum atomic E-state index is 12.5. The van der Waals surface area contributed by atoms with Crippen molar-refractivity contribution in [3.05, 3.63) is 22.2 Å². The first-order chi connectivity index (χ1) is 9.72. The summed E-state index contributed by atoms with van der Waals surface area (Å²) < 4.78 is 5.61. The van der Waals surface area contributed by atoms with Crippen LogP contribution in [0.2, 0.25) is 0 Å². The van der Waals surface area contributed by atoms with Gasteiger partial charge < -0.3 is 19.8 Å². The number of carbonyl (C=O) groups excluding carboxylic acids is 1. The van der Waals surface area contributed by atoms with Gasteiger partial charge >= 0.3 is 5.82 Å². The highest BCUT2D eigenvalue weighted by Gasteiger charge is 2.44. The van der Waals surface area contributed by atoms with Crippen molar-refractivity contribution in [1.82, 2.24) is 9.88 Å². The molecule has 1 aliphatic heterocycles. The number of likely N-dealkylation sites (N-methyl/N-ethyl adjacent to an activating group) is 1. The molecule has 8 nitrogen and oxygen atoms in total. The lowest BCUT2D eigenvalue weighted by Crippen LogP contribution is -2.54. The van der Waals surface area contributed by atoms with Crippen LogP contribution in [0.25, 0.3) is 0 Å². The highest BCUT2D eigenvalue weighted by molar-refractivity contribution is 6.01. The highest BCUT2D eigenvalue weighted by Crippen LogP contribution is 2.37. The molecule has 0 spiro atoms. The molecule has 0 saturated carbocycles. The lowest BCUT2D eigenvalue weighted by molar-refractivity contribution is -0.389. The lowest BCUT2D eigenvalue weighted by Gasteiger charge is -2.36. The Labute approximate surface area is 122 Å². The fourth-order valence-corrected chi connectivity index (χ4v) is 2.05. The molecule has 0 bridgehead atoms. The summed E-state index contributed by atoms with van der Waals surface area (Å²) in [4.78, 5) is 30.1. The van der Waals surface area contributed by atoms with Gasteiger partial charge in [-0.1, -0.05) is 0 Å². The van der Waals surface area contributed by atoms with Crippen LogP contribution < -0.4 is 9.64 Å². The van der Waals surface area contributed by atoms with Crippen LogP contribution in [0.15, 0.2) is 12.1 Å². The Morgan fingerprint density at radius 3 is 2.67 bits per heavy atom. The number of nitrogens with zero attached hydrogens (tertiary/aromatic N) is 4. The van der Waals surface area contributed by atoms with Gasteiger partial charge in [-0.25, -0.2) is 0 Å². The standard InChI is InChI=1S/C13H18N4O4/c1-13(2)12(18)16(8-7-15(3)4)11-9(21-13)5-6-10(14-11)17(19)20/h5-6H,7-8H2,1-4H3. The predicted molar refractivity (Wildman–Crippen MR) is 76.5 cm³/mol. The topological polar surface area (TPSA) is 88.8 Å². The normalized spacial score (nSPS) is 16.6. The van der Waals surface area contributed by atoms with Gasteiger partial charge in [0.25, 0.3) is 11.7 Å². The van der Waals surface area contributed by atoms with Crippen LogP contribution in [-0.2, 0) is 4.79 Å². The van der Waals surface area contributed by atoms with Crippen molar-refractivity contribution in [2.24, 2.45) is 0 Å². The van der Waals surface area contributed by atoms with Crippen LogP contribution in [0.1, 0.15) is 13.8 Å². The van der Waals surface area contributed by atoms with E-state index in [4.69, 9.17) is 4.74 Å². The Morgan fingerprint density at radius 2 is 2.10 bits per heavy atom. The number of amides is 1. The van der Waals surface area contributed by atoms with Crippen molar-refractivity contribution in [3.63, 3.8) is 0 Å². The second kappa shape index (κ2) is 5.28. The van der Waals surface area contributed by atoms with Crippen molar-refractivity contribution in [2.45, 2.75) is 19.4 Å². The van der Waals surface area contributed by atoms with E-state index in [2.05, 4.69) is 4.98 Å². The molecule has 114 valence electrons. The van der Waals surface area contributed by atoms with E-state index in [1.165, 1.54) is 17.0 Å². The molecule has 1 aliphatic rings. The Hall–Kier alpha value is -2.22. The summed E-state index contributed by atoms with van der Waals surface area (Å²) in [7, 11) is 3.77. The molecule has 0 N–H and O–H groups in total. The van der Waals surface area contributed by atoms with E-state index in [0.29, 0.717) is 18.8 Å². The molecule has 1 aromatic heterocycles. The number of hydrogen-bond acceptors (Lipinski definition) is 6. The van der Waals surface area contributed by atoms with Gasteiger partial charge in [0.1, 0.15) is 0 Å². The van der Waals surface area contributed by atoms with E-state index in [1.807, 2.05) is 19.0 Å². The Kier molecular flexibility index (Phi) is 3.82. The van der Waals surface area contributed by atoms with E-state index in [1.54, 1.807) is 13.8 Å². The minimum Gasteiger partial charge on any atom is -0.472 e. The van der Waals surface area contributed by atoms with Gasteiger partial charge in [-0.2, -0.15) is 0 Å². The number of ether oxygens (including phenoxy) is 1. The maximum absolute atomic E-state index is 12.5. The number of fused-ring (bicyclic) bond motifs is 1. The average Bonchev–Trinajstić information content (AvgIpc) is 2.38. The summed E-state index contributed by atoms with van der Waals surface area (Å²) >= 11 is 0. The molecule has 2 heterocycles. The van der Waals surface area contributed by atoms with Crippen LogP contribution in [0.3, 0.4) is 0 Å². The van der Waals surface area contributed by atoms with E-state index in [0.717, 1.165) is 0 Å². The summed E-state index contributed by atoms with van der Waals surface area (Å²) in [5.74, 6) is 0.0175. The van der Waals surface area contributed by atoms with Gasteiger partial charge in [0.05, 0.1) is 0 Å². The van der Waals surface area contributed by atoms with Crippen molar-refractivity contribution < 1.29 is 14.5 Å². The fourth-order valence-electron chi connectivity index (χ4n) is 2.05. The summed E-state index contributed by atoms with van der Waals surface area (Å²) in [5.41, 5.74) is -1.02. The quantitative estimate of drug-likeness (QED) is 0.609. The zero-order valence-electron chi connectivity index (χ0n) is 12.5. The number of hydrogen-bond donors (Lipinski definition) is 0. The van der Waals surface area contributed by atoms with E-state index in [-0.39, 0.29) is 17.5 Å². The summed E-state index contributed by atoms with van der Waals surface area (Å²) in [6.07, 6.45) is 0. The predicted octanol–water partition coefficient (Wildman–Crippen LogP) is 1.06. The van der Waals surface area contributed by atoms with Crippen LogP contribution in [-0.4, -0.2) is 53.5 Å². The monoisotopic (exact) mass is 294 g/mol. The third-order valence-electron chi connectivity index (χ3n) is 3.16.